The molecular formula is C17H18N4O6S4. The second-order valence-corrected chi connectivity index (χ2v) is 12.4. The predicted octanol–water partition coefficient (Wildman–Crippen LogP) is 2.56. The summed E-state index contributed by atoms with van der Waals surface area (Å²) < 4.78 is 56.2. The van der Waals surface area contributed by atoms with Crippen LogP contribution in [0.25, 0.3) is 0 Å². The number of esters is 1. The number of hydrogen-bond donors (Lipinski definition) is 1. The van der Waals surface area contributed by atoms with Gasteiger partial charge in [-0.1, -0.05) is 6.07 Å². The van der Waals surface area contributed by atoms with Crippen molar-refractivity contribution in [2.75, 3.05) is 18.8 Å². The van der Waals surface area contributed by atoms with Crippen LogP contribution in [0.1, 0.15) is 23.5 Å². The number of nitrogens with zero attached hydrogens (tertiary/aromatic N) is 3. The fraction of sp³-hybridized carbons (Fsp3) is 0.294. The number of methoxy groups -OCH3 is 1. The molecule has 2 rings (SSSR count). The number of nitrogens with one attached hydrogen (secondary N) is 1. The van der Waals surface area contributed by atoms with Crippen LogP contribution in [0.2, 0.25) is 0 Å². The molecule has 0 radical (unpaired) electrons. The van der Waals surface area contributed by atoms with Crippen molar-refractivity contribution in [1.29, 1.82) is 5.26 Å². The molecule has 0 aromatic carbocycles. The molecule has 2 heterocycles. The summed E-state index contributed by atoms with van der Waals surface area (Å²) in [5.74, 6) is -0.839. The number of aromatic nitrogens is 1. The zero-order valence-corrected chi connectivity index (χ0v) is 20.1. The Morgan fingerprint density at radius 2 is 2.00 bits per heavy atom. The van der Waals surface area contributed by atoms with Gasteiger partial charge in [-0.3, -0.25) is 5.43 Å². The van der Waals surface area contributed by atoms with Crippen LogP contribution in [-0.2, 0) is 24.4 Å². The lowest BCUT2D eigenvalue weighted by atomic mass is 10.4. The van der Waals surface area contributed by atoms with Gasteiger partial charge in [0.1, 0.15) is 21.5 Å². The summed E-state index contributed by atoms with van der Waals surface area (Å²) in [4.78, 5) is 15.6. The Hall–Kier alpha value is -2.47. The maximum absolute atomic E-state index is 12.9. The number of hydrogen-bond acceptors (Lipinski definition) is 12. The second kappa shape index (κ2) is 9.77. The Balaban J connectivity index is 2.71. The highest BCUT2D eigenvalue weighted by atomic mass is 32.2. The molecule has 1 N–H and O–H groups in total. The monoisotopic (exact) mass is 502 g/mol. The van der Waals surface area contributed by atoms with E-state index in [0.717, 1.165) is 30.2 Å². The van der Waals surface area contributed by atoms with Crippen LogP contribution in [0.5, 0.6) is 0 Å². The van der Waals surface area contributed by atoms with Crippen LogP contribution < -0.4 is 5.43 Å². The molecule has 0 aliphatic rings. The quantitative estimate of drug-likeness (QED) is 0.196. The van der Waals surface area contributed by atoms with E-state index in [4.69, 9.17) is 4.74 Å². The number of ether oxygens (including phenoxy) is 1. The number of sulfone groups is 2. The van der Waals surface area contributed by atoms with Crippen LogP contribution in [0.15, 0.2) is 43.6 Å². The van der Waals surface area contributed by atoms with Gasteiger partial charge in [0.25, 0.3) is 14.9 Å². The Bertz CT molecular complexity index is 1260. The van der Waals surface area contributed by atoms with Crippen molar-refractivity contribution in [2.45, 2.75) is 33.2 Å². The average Bonchev–Trinajstić information content (AvgIpc) is 3.13. The van der Waals surface area contributed by atoms with E-state index in [1.165, 1.54) is 44.3 Å². The molecule has 31 heavy (non-hydrogen) atoms. The summed E-state index contributed by atoms with van der Waals surface area (Å²) in [5, 5.41) is 10.8. The van der Waals surface area contributed by atoms with Crippen LogP contribution in [0, 0.1) is 11.3 Å². The third kappa shape index (κ3) is 4.90. The molecule has 0 fully saturated rings. The normalized spacial score (nSPS) is 12.5. The Kier molecular flexibility index (Phi) is 7.82. The van der Waals surface area contributed by atoms with Gasteiger partial charge in [0, 0.05) is 6.20 Å². The minimum absolute atomic E-state index is 0.123. The van der Waals surface area contributed by atoms with E-state index in [1.807, 2.05) is 0 Å². The van der Waals surface area contributed by atoms with E-state index in [0.29, 0.717) is 0 Å². The van der Waals surface area contributed by atoms with E-state index >= 15 is 0 Å². The number of hydrazone groups is 1. The minimum Gasteiger partial charge on any atom is -0.465 e. The summed E-state index contributed by atoms with van der Waals surface area (Å²) in [6, 6.07) is 5.58. The zero-order chi connectivity index (χ0) is 23.4. The molecule has 0 saturated heterocycles. The van der Waals surface area contributed by atoms with Crippen molar-refractivity contribution in [2.24, 2.45) is 5.10 Å². The minimum atomic E-state index is -4.38. The molecule has 2 aromatic heterocycles. The average molecular weight is 503 g/mol. The van der Waals surface area contributed by atoms with Crippen molar-refractivity contribution in [3.8, 4) is 6.07 Å². The van der Waals surface area contributed by atoms with Crippen LogP contribution in [0.4, 0.5) is 5.69 Å². The number of anilines is 1. The second-order valence-electron chi connectivity index (χ2n) is 6.02. The number of carbonyl (C=O) groups is 1. The van der Waals surface area contributed by atoms with E-state index in [-0.39, 0.29) is 19.7 Å². The number of rotatable bonds is 7. The highest BCUT2D eigenvalue weighted by Gasteiger charge is 2.34. The lowest BCUT2D eigenvalue weighted by Crippen LogP contribution is -2.18. The standard InChI is InChI=1S/C17H18N4O6S4/c1-10(2)30(23,24)15-13(14(16(22)27-3)29-17(15)28-4)21-20-12(9-18)31(25,26)11-7-5-6-8-19-11/h5-8,10,21H,1-4H3/b20-12-. The Morgan fingerprint density at radius 3 is 2.48 bits per heavy atom. The number of carbonyl (C=O) groups excluding carboxylic acids is 1. The first-order chi connectivity index (χ1) is 14.5. The molecule has 10 nitrogen and oxygen atoms in total. The zero-order valence-electron chi connectivity index (χ0n) is 16.8. The van der Waals surface area contributed by atoms with E-state index in [2.05, 4.69) is 15.5 Å². The summed E-state index contributed by atoms with van der Waals surface area (Å²) in [6.45, 7) is 2.93. The molecule has 2 aromatic rings. The summed E-state index contributed by atoms with van der Waals surface area (Å²) in [7, 11) is -7.16. The molecular weight excluding hydrogens is 484 g/mol. The van der Waals surface area contributed by atoms with Crippen LogP contribution >= 0.6 is 23.1 Å². The van der Waals surface area contributed by atoms with Gasteiger partial charge in [-0.15, -0.1) is 23.1 Å². The lowest BCUT2D eigenvalue weighted by molar-refractivity contribution is 0.0607. The maximum Gasteiger partial charge on any atom is 0.350 e. The van der Waals surface area contributed by atoms with Gasteiger partial charge in [0.15, 0.2) is 14.9 Å². The van der Waals surface area contributed by atoms with Crippen molar-refractivity contribution in [3.63, 3.8) is 0 Å². The Morgan fingerprint density at radius 1 is 1.32 bits per heavy atom. The van der Waals surface area contributed by atoms with E-state index < -0.39 is 41.0 Å². The predicted molar refractivity (Wildman–Crippen MR) is 118 cm³/mol. The van der Waals surface area contributed by atoms with Crippen molar-refractivity contribution >= 4 is 59.5 Å². The van der Waals surface area contributed by atoms with Crippen LogP contribution in [-0.4, -0.2) is 51.4 Å². The topological polar surface area (TPSA) is 156 Å². The van der Waals surface area contributed by atoms with Crippen LogP contribution in [0.3, 0.4) is 0 Å². The summed E-state index contributed by atoms with van der Waals surface area (Å²) in [6.07, 6.45) is 2.87. The van der Waals surface area contributed by atoms with Gasteiger partial charge in [-0.2, -0.15) is 10.4 Å². The van der Waals surface area contributed by atoms with Crippen molar-refractivity contribution < 1.29 is 26.4 Å². The van der Waals surface area contributed by atoms with Crippen molar-refractivity contribution in [3.05, 3.63) is 29.3 Å². The molecule has 0 aliphatic heterocycles. The highest BCUT2D eigenvalue weighted by Crippen LogP contribution is 2.43. The largest absolute Gasteiger partial charge is 0.465 e. The number of thioether (sulfide) groups is 1. The number of thiophene rings is 1. The number of nitriles is 1. The molecule has 14 heteroatoms. The first-order valence-corrected chi connectivity index (χ1v) is 13.5. The van der Waals surface area contributed by atoms with Gasteiger partial charge < -0.3 is 4.74 Å². The van der Waals surface area contributed by atoms with Gasteiger partial charge in [-0.05, 0) is 32.2 Å². The molecule has 0 spiro atoms. The third-order valence-corrected chi connectivity index (χ3v) is 10.1. The molecule has 0 aliphatic carbocycles. The molecule has 0 atom stereocenters. The van der Waals surface area contributed by atoms with E-state index in [1.54, 1.807) is 6.26 Å². The number of pyridine rings is 1. The van der Waals surface area contributed by atoms with Gasteiger partial charge in [0.05, 0.1) is 16.6 Å². The summed E-state index contributed by atoms with van der Waals surface area (Å²) in [5.41, 5.74) is 2.06. The Labute approximate surface area is 188 Å². The van der Waals surface area contributed by atoms with Gasteiger partial charge >= 0.3 is 5.97 Å². The molecule has 0 bridgehead atoms. The first-order valence-electron chi connectivity index (χ1n) is 8.45. The summed E-state index contributed by atoms with van der Waals surface area (Å²) >= 11 is 1.95. The highest BCUT2D eigenvalue weighted by molar-refractivity contribution is 8.07. The SMILES string of the molecule is COC(=O)c1sc(SC)c(S(=O)(=O)C(C)C)c1N/N=C(/C#N)S(=O)(=O)c1ccccn1. The van der Waals surface area contributed by atoms with Gasteiger partial charge in [0.2, 0.25) is 0 Å². The molecule has 0 unspecified atom stereocenters. The van der Waals surface area contributed by atoms with E-state index in [9.17, 15) is 26.9 Å². The molecule has 166 valence electrons. The third-order valence-electron chi connectivity index (χ3n) is 3.83. The van der Waals surface area contributed by atoms with Gasteiger partial charge in [-0.25, -0.2) is 26.6 Å². The van der Waals surface area contributed by atoms with Crippen molar-refractivity contribution in [1.82, 2.24) is 4.98 Å². The maximum atomic E-state index is 12.9. The lowest BCUT2D eigenvalue weighted by Gasteiger charge is -2.11. The molecule has 0 saturated carbocycles. The molecule has 0 amide bonds. The fourth-order valence-electron chi connectivity index (χ4n) is 2.22. The first kappa shape index (κ1) is 24.8. The smallest absolute Gasteiger partial charge is 0.350 e. The fourth-order valence-corrected chi connectivity index (χ4v) is 7.10.